The number of aromatic nitrogens is 2. The number of hydrogen-bond donors (Lipinski definition) is 1. The fourth-order valence-electron chi connectivity index (χ4n) is 1.48. The zero-order chi connectivity index (χ0) is 13.0. The van der Waals surface area contributed by atoms with Gasteiger partial charge in [-0.2, -0.15) is 0 Å². The molecule has 1 aliphatic rings. The van der Waals surface area contributed by atoms with E-state index in [0.29, 0.717) is 24.7 Å². The van der Waals surface area contributed by atoms with E-state index in [1.54, 1.807) is 11.9 Å². The first-order valence-corrected chi connectivity index (χ1v) is 6.07. The fourth-order valence-corrected chi connectivity index (χ4v) is 1.48. The van der Waals surface area contributed by atoms with Crippen LogP contribution in [0.15, 0.2) is 12.4 Å². The van der Waals surface area contributed by atoms with Gasteiger partial charge in [0.2, 0.25) is 0 Å². The summed E-state index contributed by atoms with van der Waals surface area (Å²) in [6.45, 7) is 1.92. The molecule has 1 aromatic heterocycles. The van der Waals surface area contributed by atoms with Gasteiger partial charge >= 0.3 is 0 Å². The molecular formula is C12H18N4O2. The Morgan fingerprint density at radius 2 is 2.28 bits per heavy atom. The van der Waals surface area contributed by atoms with Crippen molar-refractivity contribution in [2.75, 3.05) is 32.5 Å². The van der Waals surface area contributed by atoms with E-state index in [1.165, 1.54) is 25.2 Å². The van der Waals surface area contributed by atoms with E-state index in [1.807, 2.05) is 0 Å². The molecule has 0 aliphatic heterocycles. The van der Waals surface area contributed by atoms with Gasteiger partial charge in [0.15, 0.2) is 0 Å². The molecule has 0 spiro atoms. The third-order valence-electron chi connectivity index (χ3n) is 2.86. The molecule has 18 heavy (non-hydrogen) atoms. The van der Waals surface area contributed by atoms with Crippen molar-refractivity contribution in [1.29, 1.82) is 0 Å². The van der Waals surface area contributed by atoms with Crippen molar-refractivity contribution in [2.24, 2.45) is 5.92 Å². The molecule has 1 saturated carbocycles. The van der Waals surface area contributed by atoms with Gasteiger partial charge in [-0.3, -0.25) is 4.79 Å². The average molecular weight is 250 g/mol. The number of nitrogens with zero attached hydrogens (tertiary/aromatic N) is 3. The standard InChI is InChI=1S/C12H18N4O2/c1-16(4-5-18-8-9-2-3-9)12(17)10-6-15-11(13)7-14-10/h6-7,9H,2-5,8H2,1H3,(H2,13,15). The number of nitrogen functional groups attached to an aromatic ring is 1. The van der Waals surface area contributed by atoms with Gasteiger partial charge < -0.3 is 15.4 Å². The first-order chi connectivity index (χ1) is 8.66. The smallest absolute Gasteiger partial charge is 0.273 e. The van der Waals surface area contributed by atoms with Gasteiger partial charge in [0.05, 0.1) is 19.0 Å². The van der Waals surface area contributed by atoms with E-state index < -0.39 is 0 Å². The highest BCUT2D eigenvalue weighted by Gasteiger charge is 2.21. The second-order valence-corrected chi connectivity index (χ2v) is 4.57. The number of hydrogen-bond acceptors (Lipinski definition) is 5. The summed E-state index contributed by atoms with van der Waals surface area (Å²) < 4.78 is 5.48. The van der Waals surface area contributed by atoms with E-state index in [0.717, 1.165) is 12.5 Å². The van der Waals surface area contributed by atoms with Crippen LogP contribution in [-0.2, 0) is 4.74 Å². The van der Waals surface area contributed by atoms with E-state index in [2.05, 4.69) is 9.97 Å². The van der Waals surface area contributed by atoms with Crippen LogP contribution in [0.2, 0.25) is 0 Å². The van der Waals surface area contributed by atoms with E-state index in [-0.39, 0.29) is 5.91 Å². The van der Waals surface area contributed by atoms with Crippen LogP contribution in [0.5, 0.6) is 0 Å². The molecule has 98 valence electrons. The van der Waals surface area contributed by atoms with Gasteiger partial charge in [-0.1, -0.05) is 0 Å². The number of carbonyl (C=O) groups is 1. The Hall–Kier alpha value is -1.69. The third kappa shape index (κ3) is 3.66. The molecule has 6 nitrogen and oxygen atoms in total. The number of anilines is 1. The molecule has 1 fully saturated rings. The lowest BCUT2D eigenvalue weighted by molar-refractivity contribution is 0.0676. The maximum absolute atomic E-state index is 11.9. The van der Waals surface area contributed by atoms with E-state index in [4.69, 9.17) is 10.5 Å². The molecule has 2 N–H and O–H groups in total. The van der Waals surface area contributed by atoms with E-state index >= 15 is 0 Å². The van der Waals surface area contributed by atoms with Crippen LogP contribution in [0, 0.1) is 5.92 Å². The molecule has 0 aromatic carbocycles. The number of ether oxygens (including phenoxy) is 1. The highest BCUT2D eigenvalue weighted by Crippen LogP contribution is 2.28. The summed E-state index contributed by atoms with van der Waals surface area (Å²) >= 11 is 0. The topological polar surface area (TPSA) is 81.3 Å². The summed E-state index contributed by atoms with van der Waals surface area (Å²) in [4.78, 5) is 21.3. The van der Waals surface area contributed by atoms with Crippen LogP contribution in [-0.4, -0.2) is 47.6 Å². The van der Waals surface area contributed by atoms with Crippen LogP contribution in [0.1, 0.15) is 23.3 Å². The molecule has 6 heteroatoms. The second kappa shape index (κ2) is 5.77. The Bertz CT molecular complexity index is 403. The molecular weight excluding hydrogens is 232 g/mol. The maximum atomic E-state index is 11.9. The summed E-state index contributed by atoms with van der Waals surface area (Å²) in [5, 5.41) is 0. The van der Waals surface area contributed by atoms with Gasteiger partial charge in [0.25, 0.3) is 5.91 Å². The summed E-state index contributed by atoms with van der Waals surface area (Å²) in [6, 6.07) is 0. The zero-order valence-corrected chi connectivity index (χ0v) is 10.5. The van der Waals surface area contributed by atoms with Crippen LogP contribution in [0.3, 0.4) is 0 Å². The minimum atomic E-state index is -0.169. The Morgan fingerprint density at radius 3 is 2.89 bits per heavy atom. The van der Waals surface area contributed by atoms with Gasteiger partial charge in [0.1, 0.15) is 11.5 Å². The Morgan fingerprint density at radius 1 is 1.50 bits per heavy atom. The molecule has 1 amide bonds. The molecule has 1 aliphatic carbocycles. The van der Waals surface area contributed by atoms with Crippen LogP contribution in [0.25, 0.3) is 0 Å². The average Bonchev–Trinajstić information content (AvgIpc) is 3.18. The van der Waals surface area contributed by atoms with Gasteiger partial charge in [-0.05, 0) is 18.8 Å². The van der Waals surface area contributed by atoms with E-state index in [9.17, 15) is 4.79 Å². The predicted molar refractivity (Wildman–Crippen MR) is 66.9 cm³/mol. The second-order valence-electron chi connectivity index (χ2n) is 4.57. The number of amides is 1. The Kier molecular flexibility index (Phi) is 4.09. The van der Waals surface area contributed by atoms with Crippen molar-refractivity contribution in [2.45, 2.75) is 12.8 Å². The fraction of sp³-hybridized carbons (Fsp3) is 0.583. The molecule has 0 atom stereocenters. The van der Waals surface area contributed by atoms with Crippen molar-refractivity contribution >= 4 is 11.7 Å². The zero-order valence-electron chi connectivity index (χ0n) is 10.5. The summed E-state index contributed by atoms with van der Waals surface area (Å²) in [5.74, 6) is 0.883. The molecule has 0 radical (unpaired) electrons. The monoisotopic (exact) mass is 250 g/mol. The SMILES string of the molecule is CN(CCOCC1CC1)C(=O)c1cnc(N)cn1. The van der Waals surface area contributed by atoms with Gasteiger partial charge in [0, 0.05) is 20.2 Å². The lowest BCUT2D eigenvalue weighted by atomic mass is 10.4. The molecule has 1 aromatic rings. The van der Waals surface area contributed by atoms with Gasteiger partial charge in [-0.15, -0.1) is 0 Å². The Labute approximate surface area is 106 Å². The normalized spacial score (nSPS) is 14.5. The highest BCUT2D eigenvalue weighted by atomic mass is 16.5. The quantitative estimate of drug-likeness (QED) is 0.746. The van der Waals surface area contributed by atoms with Crippen LogP contribution in [0.4, 0.5) is 5.82 Å². The minimum absolute atomic E-state index is 0.169. The van der Waals surface area contributed by atoms with Crippen molar-refractivity contribution in [1.82, 2.24) is 14.9 Å². The Balaban J connectivity index is 1.74. The molecule has 1 heterocycles. The number of carbonyl (C=O) groups excluding carboxylic acids is 1. The predicted octanol–water partition coefficient (Wildman–Crippen LogP) is 0.557. The summed E-state index contributed by atoms with van der Waals surface area (Å²) in [7, 11) is 1.72. The minimum Gasteiger partial charge on any atom is -0.382 e. The highest BCUT2D eigenvalue weighted by molar-refractivity contribution is 5.91. The molecule has 2 rings (SSSR count). The lowest BCUT2D eigenvalue weighted by Gasteiger charge is -2.16. The number of rotatable bonds is 6. The largest absolute Gasteiger partial charge is 0.382 e. The number of nitrogens with two attached hydrogens (primary N) is 1. The summed E-state index contributed by atoms with van der Waals surface area (Å²) in [5.41, 5.74) is 5.72. The lowest BCUT2D eigenvalue weighted by Crippen LogP contribution is -2.31. The van der Waals surface area contributed by atoms with Crippen molar-refractivity contribution in [3.05, 3.63) is 18.1 Å². The third-order valence-corrected chi connectivity index (χ3v) is 2.86. The van der Waals surface area contributed by atoms with Crippen molar-refractivity contribution in [3.8, 4) is 0 Å². The maximum Gasteiger partial charge on any atom is 0.273 e. The first kappa shape index (κ1) is 12.8. The first-order valence-electron chi connectivity index (χ1n) is 6.07. The van der Waals surface area contributed by atoms with Crippen molar-refractivity contribution in [3.63, 3.8) is 0 Å². The van der Waals surface area contributed by atoms with Gasteiger partial charge in [-0.25, -0.2) is 9.97 Å². The van der Waals surface area contributed by atoms with Crippen LogP contribution < -0.4 is 5.73 Å². The van der Waals surface area contributed by atoms with Crippen molar-refractivity contribution < 1.29 is 9.53 Å². The molecule has 0 bridgehead atoms. The summed E-state index contributed by atoms with van der Waals surface area (Å²) in [6.07, 6.45) is 5.31. The molecule has 0 saturated heterocycles. The number of likely N-dealkylation sites (N-methyl/N-ethyl adjacent to an activating group) is 1. The van der Waals surface area contributed by atoms with Crippen LogP contribution >= 0.6 is 0 Å². The molecule has 0 unspecified atom stereocenters.